The Bertz CT molecular complexity index is 204. The van der Waals surface area contributed by atoms with E-state index in [4.69, 9.17) is 10.2 Å². The van der Waals surface area contributed by atoms with Crippen LogP contribution in [0.5, 0.6) is 0 Å². The fourth-order valence-electron chi connectivity index (χ4n) is 0.632. The van der Waals surface area contributed by atoms with Gasteiger partial charge in [-0.05, 0) is 6.92 Å². The summed E-state index contributed by atoms with van der Waals surface area (Å²) in [6.07, 6.45) is -0.0500. The molecular weight excluding hydrogens is 162 g/mol. The Morgan fingerprint density at radius 1 is 1.75 bits per heavy atom. The minimum atomic E-state index is -1.70. The molecule has 0 saturated heterocycles. The lowest BCUT2D eigenvalue weighted by molar-refractivity contribution is -0.149. The van der Waals surface area contributed by atoms with Crippen LogP contribution < -0.4 is 5.32 Å². The maximum Gasteiger partial charge on any atom is 0.332 e. The van der Waals surface area contributed by atoms with Gasteiger partial charge in [-0.15, -0.1) is 6.58 Å². The lowest BCUT2D eigenvalue weighted by Gasteiger charge is -2.27. The molecule has 0 fully saturated rings. The van der Waals surface area contributed by atoms with E-state index in [1.807, 2.05) is 5.32 Å². The first-order chi connectivity index (χ1) is 5.49. The van der Waals surface area contributed by atoms with E-state index < -0.39 is 17.6 Å². The van der Waals surface area contributed by atoms with Crippen molar-refractivity contribution in [3.63, 3.8) is 0 Å². The molecule has 0 aliphatic carbocycles. The highest BCUT2D eigenvalue weighted by molar-refractivity contribution is 5.82. The average Bonchev–Trinajstić information content (AvgIpc) is 2.03. The van der Waals surface area contributed by atoms with Crippen LogP contribution in [0.3, 0.4) is 0 Å². The van der Waals surface area contributed by atoms with E-state index in [1.165, 1.54) is 6.92 Å². The number of aliphatic hydroxyl groups is 1. The number of carbonyl (C=O) groups excluding carboxylic acids is 1. The number of carbonyl (C=O) groups is 2. The molecule has 2 atom stereocenters. The van der Waals surface area contributed by atoms with Gasteiger partial charge in [-0.2, -0.15) is 0 Å². The van der Waals surface area contributed by atoms with E-state index in [9.17, 15) is 9.59 Å². The van der Waals surface area contributed by atoms with Crippen molar-refractivity contribution in [2.45, 2.75) is 18.6 Å². The number of carboxylic acids is 1. The van der Waals surface area contributed by atoms with E-state index in [2.05, 4.69) is 6.58 Å². The van der Waals surface area contributed by atoms with Crippen LogP contribution in [0.2, 0.25) is 0 Å². The van der Waals surface area contributed by atoms with Gasteiger partial charge in [-0.1, -0.05) is 6.08 Å². The molecule has 0 aromatic heterocycles. The monoisotopic (exact) mass is 173 g/mol. The maximum atomic E-state index is 10.6. The second kappa shape index (κ2) is 3.87. The third-order valence-corrected chi connectivity index (χ3v) is 1.62. The summed E-state index contributed by atoms with van der Waals surface area (Å²) in [5.74, 6) is -1.32. The van der Waals surface area contributed by atoms with Crippen LogP contribution >= 0.6 is 0 Å². The predicted molar refractivity (Wildman–Crippen MR) is 41.4 cm³/mol. The number of aliphatic hydroxyl groups excluding tert-OH is 1. The standard InChI is InChI=1S/C7H11NO4/c1-3-5(10)7(2,6(11)12)8-4-9/h3-5,10H,1H2,2H3,(H,8,9)(H,11,12). The minimum Gasteiger partial charge on any atom is -0.479 e. The Balaban J connectivity index is 4.70. The topological polar surface area (TPSA) is 86.6 Å². The molecule has 5 heteroatoms. The summed E-state index contributed by atoms with van der Waals surface area (Å²) in [7, 11) is 0. The van der Waals surface area contributed by atoms with Crippen molar-refractivity contribution in [1.29, 1.82) is 0 Å². The molecule has 0 aliphatic rings. The van der Waals surface area contributed by atoms with Crippen molar-refractivity contribution in [3.05, 3.63) is 12.7 Å². The number of aliphatic carboxylic acids is 1. The highest BCUT2D eigenvalue weighted by Gasteiger charge is 2.38. The first kappa shape index (κ1) is 10.6. The third-order valence-electron chi connectivity index (χ3n) is 1.62. The first-order valence-electron chi connectivity index (χ1n) is 3.24. The van der Waals surface area contributed by atoms with Crippen molar-refractivity contribution in [2.24, 2.45) is 0 Å². The van der Waals surface area contributed by atoms with E-state index in [1.54, 1.807) is 0 Å². The molecule has 0 heterocycles. The Labute approximate surface area is 69.7 Å². The molecular formula is C7H11NO4. The van der Waals surface area contributed by atoms with Gasteiger partial charge >= 0.3 is 5.97 Å². The lowest BCUT2D eigenvalue weighted by atomic mass is 9.95. The molecule has 0 spiro atoms. The van der Waals surface area contributed by atoms with Crippen LogP contribution in [0.1, 0.15) is 6.92 Å². The Hall–Kier alpha value is -1.36. The van der Waals surface area contributed by atoms with Crippen LogP contribution in [-0.2, 0) is 9.59 Å². The van der Waals surface area contributed by atoms with Gasteiger partial charge < -0.3 is 15.5 Å². The molecule has 2 unspecified atom stereocenters. The van der Waals surface area contributed by atoms with Gasteiger partial charge in [0.1, 0.15) is 6.10 Å². The smallest absolute Gasteiger partial charge is 0.332 e. The van der Waals surface area contributed by atoms with E-state index in [0.717, 1.165) is 6.08 Å². The molecule has 0 aromatic rings. The van der Waals surface area contributed by atoms with Gasteiger partial charge in [-0.25, -0.2) is 4.79 Å². The zero-order chi connectivity index (χ0) is 9.78. The fraction of sp³-hybridized carbons (Fsp3) is 0.429. The number of hydrogen-bond acceptors (Lipinski definition) is 3. The quantitative estimate of drug-likeness (QED) is 0.372. The molecule has 0 aliphatic heterocycles. The van der Waals surface area contributed by atoms with Crippen molar-refractivity contribution < 1.29 is 19.8 Å². The normalized spacial score (nSPS) is 17.2. The summed E-state index contributed by atoms with van der Waals surface area (Å²) < 4.78 is 0. The van der Waals surface area contributed by atoms with Crippen molar-refractivity contribution in [3.8, 4) is 0 Å². The summed E-state index contributed by atoms with van der Waals surface area (Å²) in [6.45, 7) is 4.41. The Kier molecular flexibility index (Phi) is 3.43. The molecule has 0 bridgehead atoms. The van der Waals surface area contributed by atoms with Gasteiger partial charge in [0.25, 0.3) is 0 Å². The van der Waals surface area contributed by atoms with Crippen LogP contribution in [0.15, 0.2) is 12.7 Å². The molecule has 1 amide bonds. The van der Waals surface area contributed by atoms with Crippen molar-refractivity contribution in [2.75, 3.05) is 0 Å². The predicted octanol–water partition coefficient (Wildman–Crippen LogP) is -0.877. The van der Waals surface area contributed by atoms with Crippen LogP contribution in [0, 0.1) is 0 Å². The fourth-order valence-corrected chi connectivity index (χ4v) is 0.632. The summed E-state index contributed by atoms with van der Waals surface area (Å²) in [5, 5.41) is 19.8. The van der Waals surface area contributed by atoms with Gasteiger partial charge in [-0.3, -0.25) is 4.79 Å². The maximum absolute atomic E-state index is 10.6. The summed E-state index contributed by atoms with van der Waals surface area (Å²) in [5.41, 5.74) is -1.70. The number of carboxylic acid groups (broad SMARTS) is 1. The van der Waals surface area contributed by atoms with E-state index >= 15 is 0 Å². The van der Waals surface area contributed by atoms with Gasteiger partial charge in [0.2, 0.25) is 6.41 Å². The van der Waals surface area contributed by atoms with E-state index in [-0.39, 0.29) is 6.41 Å². The molecule has 5 nitrogen and oxygen atoms in total. The second-order valence-electron chi connectivity index (χ2n) is 2.45. The van der Waals surface area contributed by atoms with Crippen molar-refractivity contribution in [1.82, 2.24) is 5.32 Å². The molecule has 68 valence electrons. The number of nitrogens with one attached hydrogen (secondary N) is 1. The second-order valence-corrected chi connectivity index (χ2v) is 2.45. The number of rotatable bonds is 5. The van der Waals surface area contributed by atoms with Crippen LogP contribution in [-0.4, -0.2) is 34.2 Å². The van der Waals surface area contributed by atoms with Crippen molar-refractivity contribution >= 4 is 12.4 Å². The molecule has 0 saturated carbocycles. The molecule has 0 rings (SSSR count). The summed E-state index contributed by atoms with van der Waals surface area (Å²) in [4.78, 5) is 20.6. The molecule has 0 radical (unpaired) electrons. The van der Waals surface area contributed by atoms with E-state index in [0.29, 0.717) is 0 Å². The SMILES string of the molecule is C=CC(O)C(C)(NC=O)C(=O)O. The highest BCUT2D eigenvalue weighted by atomic mass is 16.4. The molecule has 0 aromatic carbocycles. The minimum absolute atomic E-state index is 0.223. The van der Waals surface area contributed by atoms with Crippen LogP contribution in [0.25, 0.3) is 0 Å². The van der Waals surface area contributed by atoms with Gasteiger partial charge in [0.15, 0.2) is 5.54 Å². The average molecular weight is 173 g/mol. The highest BCUT2D eigenvalue weighted by Crippen LogP contribution is 2.10. The van der Waals surface area contributed by atoms with Crippen LogP contribution in [0.4, 0.5) is 0 Å². The summed E-state index contributed by atoms with van der Waals surface area (Å²) in [6, 6.07) is 0. The molecule has 12 heavy (non-hydrogen) atoms. The Morgan fingerprint density at radius 2 is 2.25 bits per heavy atom. The third kappa shape index (κ3) is 1.82. The van der Waals surface area contributed by atoms with Gasteiger partial charge in [0.05, 0.1) is 0 Å². The Morgan fingerprint density at radius 3 is 2.50 bits per heavy atom. The largest absolute Gasteiger partial charge is 0.479 e. The zero-order valence-electron chi connectivity index (χ0n) is 6.65. The molecule has 3 N–H and O–H groups in total. The number of amides is 1. The lowest BCUT2D eigenvalue weighted by Crippen LogP contribution is -2.56. The first-order valence-corrected chi connectivity index (χ1v) is 3.24. The number of hydrogen-bond donors (Lipinski definition) is 3. The van der Waals surface area contributed by atoms with Gasteiger partial charge in [0, 0.05) is 0 Å². The summed E-state index contributed by atoms with van der Waals surface area (Å²) >= 11 is 0. The zero-order valence-corrected chi connectivity index (χ0v) is 6.65.